The van der Waals surface area contributed by atoms with Crippen LogP contribution in [0.1, 0.15) is 46.5 Å². The summed E-state index contributed by atoms with van der Waals surface area (Å²) in [6, 6.07) is 13.8. The molecule has 0 unspecified atom stereocenters. The summed E-state index contributed by atoms with van der Waals surface area (Å²) in [5, 5.41) is 0. The second-order valence-corrected chi connectivity index (χ2v) is 9.16. The van der Waals surface area contributed by atoms with Gasteiger partial charge in [0.1, 0.15) is 5.70 Å². The first-order chi connectivity index (χ1) is 14.4. The third kappa shape index (κ3) is 3.04. The third-order valence-electron chi connectivity index (χ3n) is 5.75. The number of aryl methyl sites for hydroxylation is 1. The van der Waals surface area contributed by atoms with Gasteiger partial charge in [-0.2, -0.15) is 0 Å². The number of carbonyl (C=O) groups is 2. The maximum absolute atomic E-state index is 13.9. The molecule has 4 rings (SSSR count). The number of Topliss-reactive ketones (excluding diaryl/α,β-unsaturated/α-hetero) is 2. The molecule has 0 atom stereocenters. The van der Waals surface area contributed by atoms with E-state index in [2.05, 4.69) is 0 Å². The van der Waals surface area contributed by atoms with Crippen molar-refractivity contribution in [2.75, 3.05) is 23.9 Å². The summed E-state index contributed by atoms with van der Waals surface area (Å²) in [4.78, 5) is 28.1. The van der Waals surface area contributed by atoms with E-state index in [-0.39, 0.29) is 23.4 Å². The molecule has 2 aliphatic rings. The second kappa shape index (κ2) is 7.72. The van der Waals surface area contributed by atoms with Crippen LogP contribution in [0.2, 0.25) is 0 Å². The van der Waals surface area contributed by atoms with Gasteiger partial charge in [-0.05, 0) is 38.3 Å². The number of hydrogen-bond donors (Lipinski definition) is 0. The SMILES string of the molecule is CCN(CC)C1=C(S(=O)(=O)N2CCCc3ccccc32)C(=O)c2ccccc2C1=O. The van der Waals surface area contributed by atoms with Gasteiger partial charge in [0.25, 0.3) is 10.0 Å². The van der Waals surface area contributed by atoms with Crippen LogP contribution in [0, 0.1) is 0 Å². The molecular weight excluding hydrogens is 400 g/mol. The van der Waals surface area contributed by atoms with Gasteiger partial charge >= 0.3 is 0 Å². The van der Waals surface area contributed by atoms with E-state index in [1.165, 1.54) is 10.4 Å². The van der Waals surface area contributed by atoms with Gasteiger partial charge in [-0.25, -0.2) is 8.42 Å². The Labute approximate surface area is 176 Å². The van der Waals surface area contributed by atoms with E-state index >= 15 is 0 Å². The Kier molecular flexibility index (Phi) is 5.24. The lowest BCUT2D eigenvalue weighted by molar-refractivity contribution is 0.0949. The molecule has 0 bridgehead atoms. The van der Waals surface area contributed by atoms with E-state index < -0.39 is 26.5 Å². The first-order valence-electron chi connectivity index (χ1n) is 10.2. The monoisotopic (exact) mass is 424 g/mol. The average Bonchev–Trinajstić information content (AvgIpc) is 2.77. The number of anilines is 1. The van der Waals surface area contributed by atoms with Gasteiger partial charge in [-0.3, -0.25) is 13.9 Å². The lowest BCUT2D eigenvalue weighted by atomic mass is 9.92. The van der Waals surface area contributed by atoms with Crippen molar-refractivity contribution in [2.45, 2.75) is 26.7 Å². The highest BCUT2D eigenvalue weighted by Gasteiger charge is 2.44. The minimum Gasteiger partial charge on any atom is -0.368 e. The number of benzene rings is 2. The van der Waals surface area contributed by atoms with E-state index in [1.54, 1.807) is 35.2 Å². The van der Waals surface area contributed by atoms with Crippen molar-refractivity contribution in [3.05, 3.63) is 75.8 Å². The van der Waals surface area contributed by atoms with Crippen molar-refractivity contribution < 1.29 is 18.0 Å². The summed E-state index contributed by atoms with van der Waals surface area (Å²) in [5.41, 5.74) is 1.87. The number of allylic oxidation sites excluding steroid dienone is 2. The topological polar surface area (TPSA) is 74.8 Å². The molecule has 0 saturated carbocycles. The zero-order chi connectivity index (χ0) is 21.5. The fraction of sp³-hybridized carbons (Fsp3) is 0.304. The molecule has 1 aliphatic carbocycles. The Balaban J connectivity index is 1.97. The first-order valence-corrected chi connectivity index (χ1v) is 11.6. The predicted octanol–water partition coefficient (Wildman–Crippen LogP) is 3.40. The standard InChI is InChI=1S/C23H24N2O4S/c1-3-24(4-2)20-21(26)17-12-6-7-13-18(17)22(27)23(20)30(28,29)25-15-9-11-16-10-5-8-14-19(16)25/h5-8,10,12-14H,3-4,9,11,15H2,1-2H3. The van der Waals surface area contributed by atoms with E-state index in [4.69, 9.17) is 0 Å². The number of likely N-dealkylation sites (N-methyl/N-ethyl adjacent to an activating group) is 1. The summed E-state index contributed by atoms with van der Waals surface area (Å²) in [6.07, 6.45) is 1.43. The number of fused-ring (bicyclic) bond motifs is 2. The van der Waals surface area contributed by atoms with Crippen molar-refractivity contribution in [3.63, 3.8) is 0 Å². The van der Waals surface area contributed by atoms with Gasteiger partial charge < -0.3 is 4.90 Å². The van der Waals surface area contributed by atoms with Crippen LogP contribution in [-0.4, -0.2) is 44.5 Å². The van der Waals surface area contributed by atoms with Crippen LogP contribution in [-0.2, 0) is 16.4 Å². The maximum Gasteiger partial charge on any atom is 0.270 e. The Morgan fingerprint density at radius 1 is 0.900 bits per heavy atom. The number of carbonyl (C=O) groups excluding carboxylic acids is 2. The van der Waals surface area contributed by atoms with Crippen LogP contribution >= 0.6 is 0 Å². The van der Waals surface area contributed by atoms with E-state index in [0.29, 0.717) is 25.2 Å². The van der Waals surface area contributed by atoms with Crippen molar-refractivity contribution in [3.8, 4) is 0 Å². The molecule has 0 N–H and O–H groups in total. The molecule has 0 aromatic heterocycles. The molecule has 0 radical (unpaired) electrons. The van der Waals surface area contributed by atoms with E-state index in [0.717, 1.165) is 12.0 Å². The van der Waals surface area contributed by atoms with Crippen molar-refractivity contribution in [2.24, 2.45) is 0 Å². The zero-order valence-electron chi connectivity index (χ0n) is 17.1. The fourth-order valence-corrected chi connectivity index (χ4v) is 6.10. The van der Waals surface area contributed by atoms with Gasteiger partial charge in [0.2, 0.25) is 11.6 Å². The van der Waals surface area contributed by atoms with Gasteiger partial charge in [0.15, 0.2) is 4.91 Å². The van der Waals surface area contributed by atoms with Crippen LogP contribution in [0.15, 0.2) is 59.1 Å². The maximum atomic E-state index is 13.9. The van der Waals surface area contributed by atoms with Crippen LogP contribution in [0.25, 0.3) is 0 Å². The lowest BCUT2D eigenvalue weighted by Gasteiger charge is -2.34. The molecule has 0 amide bonds. The Morgan fingerprint density at radius 2 is 1.50 bits per heavy atom. The molecule has 1 heterocycles. The van der Waals surface area contributed by atoms with Crippen molar-refractivity contribution in [1.29, 1.82) is 0 Å². The van der Waals surface area contributed by atoms with Crippen LogP contribution in [0.3, 0.4) is 0 Å². The lowest BCUT2D eigenvalue weighted by Crippen LogP contribution is -2.43. The minimum atomic E-state index is -4.24. The van der Waals surface area contributed by atoms with Gasteiger partial charge in [-0.1, -0.05) is 42.5 Å². The summed E-state index contributed by atoms with van der Waals surface area (Å²) in [6.45, 7) is 4.80. The van der Waals surface area contributed by atoms with Crippen LogP contribution in [0.5, 0.6) is 0 Å². The summed E-state index contributed by atoms with van der Waals surface area (Å²) >= 11 is 0. The highest BCUT2D eigenvalue weighted by atomic mass is 32.2. The molecule has 2 aromatic rings. The molecule has 7 heteroatoms. The second-order valence-electron chi connectivity index (χ2n) is 7.36. The molecule has 6 nitrogen and oxygen atoms in total. The minimum absolute atomic E-state index is 0.0215. The average molecular weight is 425 g/mol. The Morgan fingerprint density at radius 3 is 2.17 bits per heavy atom. The third-order valence-corrected chi connectivity index (χ3v) is 7.60. The number of nitrogens with zero attached hydrogens (tertiary/aromatic N) is 2. The quantitative estimate of drug-likeness (QED) is 0.735. The highest BCUT2D eigenvalue weighted by Crippen LogP contribution is 2.37. The molecule has 0 saturated heterocycles. The van der Waals surface area contributed by atoms with E-state index in [9.17, 15) is 18.0 Å². The van der Waals surface area contributed by atoms with Crippen molar-refractivity contribution >= 4 is 27.3 Å². The molecular formula is C23H24N2O4S. The zero-order valence-corrected chi connectivity index (χ0v) is 17.9. The fourth-order valence-electron chi connectivity index (χ4n) is 4.26. The number of para-hydroxylation sites is 1. The summed E-state index contributed by atoms with van der Waals surface area (Å²) < 4.78 is 29.1. The number of rotatable bonds is 5. The Hall–Kier alpha value is -2.93. The Bertz CT molecular complexity index is 1160. The largest absolute Gasteiger partial charge is 0.368 e. The molecule has 2 aromatic carbocycles. The van der Waals surface area contributed by atoms with Gasteiger partial charge in [-0.15, -0.1) is 0 Å². The van der Waals surface area contributed by atoms with Crippen molar-refractivity contribution in [1.82, 2.24) is 4.90 Å². The highest BCUT2D eigenvalue weighted by molar-refractivity contribution is 7.97. The van der Waals surface area contributed by atoms with Gasteiger partial charge in [0.05, 0.1) is 5.69 Å². The number of sulfonamides is 1. The molecule has 156 valence electrons. The van der Waals surface area contributed by atoms with Crippen LogP contribution < -0.4 is 4.31 Å². The molecule has 1 aliphatic heterocycles. The predicted molar refractivity (Wildman–Crippen MR) is 116 cm³/mol. The summed E-state index contributed by atoms with van der Waals surface area (Å²) in [5.74, 6) is -1.03. The molecule has 0 spiro atoms. The van der Waals surface area contributed by atoms with Crippen LogP contribution in [0.4, 0.5) is 5.69 Å². The smallest absolute Gasteiger partial charge is 0.270 e. The normalized spacial score (nSPS) is 16.4. The van der Waals surface area contributed by atoms with Gasteiger partial charge in [0, 0.05) is 30.8 Å². The van der Waals surface area contributed by atoms with E-state index in [1.807, 2.05) is 26.0 Å². The molecule has 0 fully saturated rings. The number of hydrogen-bond acceptors (Lipinski definition) is 5. The first kappa shape index (κ1) is 20.3. The number of ketones is 2. The molecule has 30 heavy (non-hydrogen) atoms. The summed E-state index contributed by atoms with van der Waals surface area (Å²) in [7, 11) is -4.24.